The third kappa shape index (κ3) is 5.58. The van der Waals surface area contributed by atoms with Gasteiger partial charge in [0.1, 0.15) is 9.84 Å². The SMILES string of the molecule is CCS(=O)(=O)CCCNC1CCCCC1CCl. The maximum atomic E-state index is 11.3. The third-order valence-electron chi connectivity index (χ3n) is 3.59. The molecule has 0 bridgehead atoms. The zero-order chi connectivity index (χ0) is 12.7. The van der Waals surface area contributed by atoms with Crippen molar-refractivity contribution in [3.05, 3.63) is 0 Å². The largest absolute Gasteiger partial charge is 0.314 e. The van der Waals surface area contributed by atoms with Gasteiger partial charge in [-0.2, -0.15) is 0 Å². The van der Waals surface area contributed by atoms with E-state index in [1.807, 2.05) is 0 Å². The van der Waals surface area contributed by atoms with Crippen molar-refractivity contribution in [2.45, 2.75) is 45.1 Å². The second-order valence-electron chi connectivity index (χ2n) is 4.85. The Bertz CT molecular complexity index is 306. The summed E-state index contributed by atoms with van der Waals surface area (Å²) in [5.41, 5.74) is 0. The molecule has 1 N–H and O–H groups in total. The van der Waals surface area contributed by atoms with Crippen LogP contribution in [0.25, 0.3) is 0 Å². The molecule has 1 saturated carbocycles. The van der Waals surface area contributed by atoms with Gasteiger partial charge in [-0.15, -0.1) is 11.6 Å². The predicted octanol–water partition coefficient (Wildman–Crippen LogP) is 2.20. The van der Waals surface area contributed by atoms with Crippen LogP contribution in [-0.4, -0.2) is 38.4 Å². The molecule has 1 aliphatic carbocycles. The van der Waals surface area contributed by atoms with Gasteiger partial charge in [0.05, 0.1) is 5.75 Å². The predicted molar refractivity (Wildman–Crippen MR) is 73.4 cm³/mol. The normalized spacial score (nSPS) is 26.0. The van der Waals surface area contributed by atoms with E-state index in [4.69, 9.17) is 11.6 Å². The molecule has 0 aromatic carbocycles. The number of nitrogens with one attached hydrogen (secondary N) is 1. The van der Waals surface area contributed by atoms with Crippen LogP contribution in [-0.2, 0) is 9.84 Å². The van der Waals surface area contributed by atoms with Crippen molar-refractivity contribution >= 4 is 21.4 Å². The molecular formula is C12H24ClNO2S. The van der Waals surface area contributed by atoms with Crippen molar-refractivity contribution in [3.63, 3.8) is 0 Å². The Morgan fingerprint density at radius 2 is 2.00 bits per heavy atom. The molecule has 2 atom stereocenters. The van der Waals surface area contributed by atoms with E-state index < -0.39 is 9.84 Å². The van der Waals surface area contributed by atoms with E-state index >= 15 is 0 Å². The summed E-state index contributed by atoms with van der Waals surface area (Å²) in [5, 5.41) is 3.47. The lowest BCUT2D eigenvalue weighted by molar-refractivity contribution is 0.284. The Kier molecular flexibility index (Phi) is 6.82. The highest BCUT2D eigenvalue weighted by molar-refractivity contribution is 7.91. The van der Waals surface area contributed by atoms with Crippen LogP contribution in [0.1, 0.15) is 39.0 Å². The van der Waals surface area contributed by atoms with Gasteiger partial charge in [0.25, 0.3) is 0 Å². The molecule has 102 valence electrons. The number of hydrogen-bond donors (Lipinski definition) is 1. The summed E-state index contributed by atoms with van der Waals surface area (Å²) >= 11 is 5.95. The lowest BCUT2D eigenvalue weighted by Crippen LogP contribution is -2.40. The van der Waals surface area contributed by atoms with Gasteiger partial charge in [-0.1, -0.05) is 19.8 Å². The van der Waals surface area contributed by atoms with Gasteiger partial charge in [-0.25, -0.2) is 8.42 Å². The lowest BCUT2D eigenvalue weighted by Gasteiger charge is -2.31. The van der Waals surface area contributed by atoms with E-state index in [1.165, 1.54) is 25.7 Å². The fourth-order valence-corrected chi connectivity index (χ4v) is 3.63. The topological polar surface area (TPSA) is 46.2 Å². The van der Waals surface area contributed by atoms with Crippen molar-refractivity contribution in [1.29, 1.82) is 0 Å². The van der Waals surface area contributed by atoms with E-state index in [0.29, 0.717) is 30.0 Å². The van der Waals surface area contributed by atoms with Gasteiger partial charge >= 0.3 is 0 Å². The monoisotopic (exact) mass is 281 g/mol. The van der Waals surface area contributed by atoms with Crippen LogP contribution in [0, 0.1) is 5.92 Å². The zero-order valence-corrected chi connectivity index (χ0v) is 12.2. The maximum absolute atomic E-state index is 11.3. The van der Waals surface area contributed by atoms with Crippen molar-refractivity contribution in [3.8, 4) is 0 Å². The highest BCUT2D eigenvalue weighted by atomic mass is 35.5. The average molecular weight is 282 g/mol. The molecule has 0 radical (unpaired) electrons. The van der Waals surface area contributed by atoms with Crippen molar-refractivity contribution < 1.29 is 8.42 Å². The molecule has 0 heterocycles. The van der Waals surface area contributed by atoms with Gasteiger partial charge in [-0.05, 0) is 31.7 Å². The van der Waals surface area contributed by atoms with Gasteiger partial charge in [-0.3, -0.25) is 0 Å². The van der Waals surface area contributed by atoms with Crippen LogP contribution in [0.4, 0.5) is 0 Å². The van der Waals surface area contributed by atoms with Crippen LogP contribution in [0.5, 0.6) is 0 Å². The Balaban J connectivity index is 2.21. The summed E-state index contributed by atoms with van der Waals surface area (Å²) in [7, 11) is -2.81. The standard InChI is InChI=1S/C12H24ClNO2S/c1-2-17(15,16)9-5-8-14-12-7-4-3-6-11(12)10-13/h11-12,14H,2-10H2,1H3. The van der Waals surface area contributed by atoms with Gasteiger partial charge in [0.15, 0.2) is 0 Å². The number of alkyl halides is 1. The molecule has 1 rings (SSSR count). The Morgan fingerprint density at radius 3 is 2.65 bits per heavy atom. The van der Waals surface area contributed by atoms with E-state index in [-0.39, 0.29) is 5.75 Å². The lowest BCUT2D eigenvalue weighted by atomic mass is 9.86. The number of halogens is 1. The third-order valence-corrected chi connectivity index (χ3v) is 5.77. The Hall–Kier alpha value is 0.200. The molecule has 0 aliphatic heterocycles. The first kappa shape index (κ1) is 15.3. The first-order valence-corrected chi connectivity index (χ1v) is 8.94. The minimum absolute atomic E-state index is 0.251. The van der Waals surface area contributed by atoms with Gasteiger partial charge in [0, 0.05) is 17.7 Å². The highest BCUT2D eigenvalue weighted by Crippen LogP contribution is 2.25. The van der Waals surface area contributed by atoms with Gasteiger partial charge in [0.2, 0.25) is 0 Å². The molecule has 17 heavy (non-hydrogen) atoms. The van der Waals surface area contributed by atoms with Crippen molar-refractivity contribution in [2.75, 3.05) is 23.9 Å². The summed E-state index contributed by atoms with van der Waals surface area (Å²) in [5.74, 6) is 1.83. The van der Waals surface area contributed by atoms with Crippen LogP contribution in [0.3, 0.4) is 0 Å². The molecule has 0 saturated heterocycles. The Labute approximate surface area is 110 Å². The molecule has 0 amide bonds. The van der Waals surface area contributed by atoms with E-state index in [9.17, 15) is 8.42 Å². The van der Waals surface area contributed by atoms with Crippen molar-refractivity contribution in [2.24, 2.45) is 5.92 Å². The zero-order valence-electron chi connectivity index (χ0n) is 10.6. The summed E-state index contributed by atoms with van der Waals surface area (Å²) in [4.78, 5) is 0. The molecule has 0 spiro atoms. The minimum atomic E-state index is -2.81. The molecular weight excluding hydrogens is 258 g/mol. The molecule has 1 fully saturated rings. The average Bonchev–Trinajstić information content (AvgIpc) is 2.35. The number of sulfone groups is 1. The van der Waals surface area contributed by atoms with Crippen LogP contribution in [0.2, 0.25) is 0 Å². The van der Waals surface area contributed by atoms with E-state index in [0.717, 1.165) is 6.54 Å². The summed E-state index contributed by atoms with van der Waals surface area (Å²) in [6.07, 6.45) is 5.63. The van der Waals surface area contributed by atoms with E-state index in [1.54, 1.807) is 6.92 Å². The summed E-state index contributed by atoms with van der Waals surface area (Å²) < 4.78 is 22.6. The maximum Gasteiger partial charge on any atom is 0.150 e. The van der Waals surface area contributed by atoms with Crippen LogP contribution < -0.4 is 5.32 Å². The van der Waals surface area contributed by atoms with Gasteiger partial charge < -0.3 is 5.32 Å². The molecule has 0 aromatic rings. The minimum Gasteiger partial charge on any atom is -0.314 e. The second-order valence-corrected chi connectivity index (χ2v) is 7.63. The first-order chi connectivity index (χ1) is 8.09. The second kappa shape index (κ2) is 7.59. The summed E-state index contributed by atoms with van der Waals surface area (Å²) in [6, 6.07) is 0.491. The summed E-state index contributed by atoms with van der Waals surface area (Å²) in [6.45, 7) is 2.49. The molecule has 5 heteroatoms. The van der Waals surface area contributed by atoms with E-state index in [2.05, 4.69) is 5.32 Å². The molecule has 0 aromatic heterocycles. The number of rotatable bonds is 7. The van der Waals surface area contributed by atoms with Crippen LogP contribution >= 0.6 is 11.6 Å². The molecule has 3 nitrogen and oxygen atoms in total. The quantitative estimate of drug-likeness (QED) is 0.575. The fourth-order valence-electron chi connectivity index (χ4n) is 2.38. The smallest absolute Gasteiger partial charge is 0.150 e. The Morgan fingerprint density at radius 1 is 1.29 bits per heavy atom. The fraction of sp³-hybridized carbons (Fsp3) is 1.00. The molecule has 2 unspecified atom stereocenters. The number of hydrogen-bond acceptors (Lipinski definition) is 3. The van der Waals surface area contributed by atoms with Crippen molar-refractivity contribution in [1.82, 2.24) is 5.32 Å². The molecule has 1 aliphatic rings. The van der Waals surface area contributed by atoms with Crippen LogP contribution in [0.15, 0.2) is 0 Å². The highest BCUT2D eigenvalue weighted by Gasteiger charge is 2.23. The first-order valence-electron chi connectivity index (χ1n) is 6.59.